The van der Waals surface area contributed by atoms with E-state index in [1.165, 1.54) is 18.2 Å². The Hall–Kier alpha value is -0.830. The van der Waals surface area contributed by atoms with Crippen molar-refractivity contribution in [2.75, 3.05) is 19.6 Å². The Bertz CT molecular complexity index is 602. The van der Waals surface area contributed by atoms with Crippen LogP contribution in [0.25, 0.3) is 0 Å². The Morgan fingerprint density at radius 3 is 2.57 bits per heavy atom. The van der Waals surface area contributed by atoms with E-state index in [4.69, 9.17) is 0 Å². The molecule has 1 aromatic carbocycles. The van der Waals surface area contributed by atoms with Crippen LogP contribution in [0.2, 0.25) is 0 Å². The van der Waals surface area contributed by atoms with Crippen LogP contribution in [0.1, 0.15) is 24.0 Å². The minimum atomic E-state index is -4.56. The number of piperidine rings is 1. The lowest BCUT2D eigenvalue weighted by molar-refractivity contribution is -0.138. The lowest BCUT2D eigenvalue weighted by Gasteiger charge is -2.23. The van der Waals surface area contributed by atoms with Gasteiger partial charge in [0.05, 0.1) is 11.3 Å². The molecule has 132 valence electrons. The average Bonchev–Trinajstić information content (AvgIpc) is 2.45. The van der Waals surface area contributed by atoms with Crippen LogP contribution in [0.15, 0.2) is 24.3 Å². The number of benzene rings is 1. The Kier molecular flexibility index (Phi) is 7.31. The van der Waals surface area contributed by atoms with Crippen LogP contribution in [-0.2, 0) is 22.0 Å². The van der Waals surface area contributed by atoms with E-state index in [-0.39, 0.29) is 30.4 Å². The molecular formula is C14H20ClF3N2O2S. The first-order valence-electron chi connectivity index (χ1n) is 7.11. The molecule has 2 rings (SSSR count). The number of nitrogens with one attached hydrogen (secondary N) is 2. The standard InChI is InChI=1S/C14H19F3N2O2S.ClH/c15-14(16,17)13-6-2-1-5-12(13)10-22(20,21)19-9-11-4-3-7-18-8-11;/h1-2,5-6,11,18-19H,3-4,7-10H2;1H. The van der Waals surface area contributed by atoms with Crippen molar-refractivity contribution in [2.24, 2.45) is 5.92 Å². The van der Waals surface area contributed by atoms with E-state index in [1.54, 1.807) is 0 Å². The molecule has 0 aliphatic carbocycles. The van der Waals surface area contributed by atoms with Crippen molar-refractivity contribution >= 4 is 22.4 Å². The number of hydrogen-bond acceptors (Lipinski definition) is 3. The topological polar surface area (TPSA) is 58.2 Å². The SMILES string of the molecule is Cl.O=S(=O)(Cc1ccccc1C(F)(F)F)NCC1CCCNC1. The van der Waals surface area contributed by atoms with Crippen molar-refractivity contribution in [1.82, 2.24) is 10.0 Å². The fourth-order valence-electron chi connectivity index (χ4n) is 2.52. The summed E-state index contributed by atoms with van der Waals surface area (Å²) >= 11 is 0. The van der Waals surface area contributed by atoms with Crippen molar-refractivity contribution in [3.05, 3.63) is 35.4 Å². The lowest BCUT2D eigenvalue weighted by Crippen LogP contribution is -2.38. The summed E-state index contributed by atoms with van der Waals surface area (Å²) in [5, 5.41) is 3.17. The predicted molar refractivity (Wildman–Crippen MR) is 84.9 cm³/mol. The molecule has 1 aliphatic rings. The zero-order valence-corrected chi connectivity index (χ0v) is 14.0. The molecule has 1 unspecified atom stereocenters. The second kappa shape index (κ2) is 8.32. The summed E-state index contributed by atoms with van der Waals surface area (Å²) in [5.74, 6) is -0.482. The molecule has 2 N–H and O–H groups in total. The van der Waals surface area contributed by atoms with E-state index in [0.717, 1.165) is 32.0 Å². The summed E-state index contributed by atoms with van der Waals surface area (Å²) in [6.07, 6.45) is -2.67. The third-order valence-electron chi connectivity index (χ3n) is 3.66. The van der Waals surface area contributed by atoms with Gasteiger partial charge in [0, 0.05) is 6.54 Å². The Morgan fingerprint density at radius 1 is 1.26 bits per heavy atom. The molecule has 1 aliphatic heterocycles. The quantitative estimate of drug-likeness (QED) is 0.835. The van der Waals surface area contributed by atoms with Gasteiger partial charge in [0.25, 0.3) is 0 Å². The molecule has 9 heteroatoms. The van der Waals surface area contributed by atoms with Gasteiger partial charge in [-0.25, -0.2) is 13.1 Å². The number of halogens is 4. The maximum Gasteiger partial charge on any atom is 0.416 e. The van der Waals surface area contributed by atoms with E-state index in [0.29, 0.717) is 0 Å². The maximum atomic E-state index is 12.9. The van der Waals surface area contributed by atoms with Crippen LogP contribution in [0.5, 0.6) is 0 Å². The summed E-state index contributed by atoms with van der Waals surface area (Å²) in [7, 11) is -3.79. The summed E-state index contributed by atoms with van der Waals surface area (Å²) < 4.78 is 65.1. The Labute approximate surface area is 140 Å². The predicted octanol–water partition coefficient (Wildman–Crippen LogP) is 2.55. The third-order valence-corrected chi connectivity index (χ3v) is 4.96. The first-order chi connectivity index (χ1) is 10.3. The highest BCUT2D eigenvalue weighted by Gasteiger charge is 2.34. The number of sulfonamides is 1. The highest BCUT2D eigenvalue weighted by atomic mass is 35.5. The van der Waals surface area contributed by atoms with Gasteiger partial charge in [0.15, 0.2) is 0 Å². The van der Waals surface area contributed by atoms with E-state index >= 15 is 0 Å². The molecule has 23 heavy (non-hydrogen) atoms. The van der Waals surface area contributed by atoms with Gasteiger partial charge in [-0.05, 0) is 43.5 Å². The molecule has 1 atom stereocenters. The molecule has 4 nitrogen and oxygen atoms in total. The van der Waals surface area contributed by atoms with Crippen molar-refractivity contribution in [1.29, 1.82) is 0 Å². The third kappa shape index (κ3) is 6.29. The molecule has 0 radical (unpaired) electrons. The highest BCUT2D eigenvalue weighted by molar-refractivity contribution is 7.88. The van der Waals surface area contributed by atoms with Crippen molar-refractivity contribution < 1.29 is 21.6 Å². The van der Waals surface area contributed by atoms with E-state index < -0.39 is 27.5 Å². The molecule has 1 heterocycles. The molecular weight excluding hydrogens is 353 g/mol. The Morgan fingerprint density at radius 2 is 1.96 bits per heavy atom. The van der Waals surface area contributed by atoms with Gasteiger partial charge >= 0.3 is 6.18 Å². The monoisotopic (exact) mass is 372 g/mol. The average molecular weight is 373 g/mol. The van der Waals surface area contributed by atoms with E-state index in [2.05, 4.69) is 10.0 Å². The van der Waals surface area contributed by atoms with Gasteiger partial charge in [-0.15, -0.1) is 12.4 Å². The maximum absolute atomic E-state index is 12.9. The second-order valence-corrected chi connectivity index (χ2v) is 7.28. The normalized spacial score (nSPS) is 19.2. The minimum absolute atomic E-state index is 0. The zero-order chi connectivity index (χ0) is 16.2. The first kappa shape index (κ1) is 20.2. The number of alkyl halides is 3. The van der Waals surface area contributed by atoms with Gasteiger partial charge in [-0.1, -0.05) is 18.2 Å². The van der Waals surface area contributed by atoms with Crippen molar-refractivity contribution in [3.63, 3.8) is 0 Å². The number of hydrogen-bond donors (Lipinski definition) is 2. The van der Waals surface area contributed by atoms with Crippen LogP contribution >= 0.6 is 12.4 Å². The summed E-state index contributed by atoms with van der Waals surface area (Å²) in [6.45, 7) is 1.90. The smallest absolute Gasteiger partial charge is 0.316 e. The summed E-state index contributed by atoms with van der Waals surface area (Å²) in [6, 6.07) is 4.76. The van der Waals surface area contributed by atoms with E-state index in [9.17, 15) is 21.6 Å². The van der Waals surface area contributed by atoms with Gasteiger partial charge in [0.2, 0.25) is 10.0 Å². The van der Waals surface area contributed by atoms with Crippen molar-refractivity contribution in [2.45, 2.75) is 24.8 Å². The van der Waals surface area contributed by atoms with Gasteiger partial charge in [0.1, 0.15) is 0 Å². The second-order valence-electron chi connectivity index (χ2n) is 5.47. The molecule has 1 saturated heterocycles. The van der Waals surface area contributed by atoms with Crippen molar-refractivity contribution in [3.8, 4) is 0 Å². The molecule has 0 bridgehead atoms. The summed E-state index contributed by atoms with van der Waals surface area (Å²) in [5.41, 5.74) is -1.14. The highest BCUT2D eigenvalue weighted by Crippen LogP contribution is 2.32. The molecule has 0 amide bonds. The van der Waals surface area contributed by atoms with Crippen LogP contribution < -0.4 is 10.0 Å². The first-order valence-corrected chi connectivity index (χ1v) is 8.76. The minimum Gasteiger partial charge on any atom is -0.316 e. The molecule has 0 aromatic heterocycles. The molecule has 1 fully saturated rings. The van der Waals surface area contributed by atoms with Crippen LogP contribution in [0.3, 0.4) is 0 Å². The Balaban J connectivity index is 0.00000264. The van der Waals surface area contributed by atoms with Gasteiger partial charge in [-0.3, -0.25) is 0 Å². The fourth-order valence-corrected chi connectivity index (χ4v) is 3.77. The van der Waals surface area contributed by atoms with Gasteiger partial charge < -0.3 is 5.32 Å². The fraction of sp³-hybridized carbons (Fsp3) is 0.571. The molecule has 0 saturated carbocycles. The summed E-state index contributed by atoms with van der Waals surface area (Å²) in [4.78, 5) is 0. The van der Waals surface area contributed by atoms with Crippen LogP contribution in [-0.4, -0.2) is 28.1 Å². The molecule has 0 spiro atoms. The lowest BCUT2D eigenvalue weighted by atomic mass is 10.0. The molecule has 1 aromatic rings. The number of rotatable bonds is 5. The van der Waals surface area contributed by atoms with Crippen LogP contribution in [0.4, 0.5) is 13.2 Å². The van der Waals surface area contributed by atoms with Gasteiger partial charge in [-0.2, -0.15) is 13.2 Å². The van der Waals surface area contributed by atoms with E-state index in [1.807, 2.05) is 0 Å². The largest absolute Gasteiger partial charge is 0.416 e. The van der Waals surface area contributed by atoms with Crippen LogP contribution in [0, 0.1) is 5.92 Å². The zero-order valence-electron chi connectivity index (χ0n) is 12.4.